The highest BCUT2D eigenvalue weighted by Gasteiger charge is 2.35. The summed E-state index contributed by atoms with van der Waals surface area (Å²) in [5, 5.41) is 23.0. The van der Waals surface area contributed by atoms with Crippen molar-refractivity contribution in [3.8, 4) is 0 Å². The van der Waals surface area contributed by atoms with E-state index in [4.69, 9.17) is 14.3 Å². The minimum absolute atomic E-state index is 0.159. The fourth-order valence-corrected chi connectivity index (χ4v) is 5.37. The second kappa shape index (κ2) is 20.4. The van der Waals surface area contributed by atoms with Crippen LogP contribution in [0.15, 0.2) is 150 Å². The molecule has 0 spiro atoms. The molecule has 2 aromatic heterocycles. The molecule has 3 aromatic carbocycles. The fraction of sp³-hybridized carbons (Fsp3) is 0.222. The molecule has 0 amide bonds. The molecule has 0 aliphatic carbocycles. The molecule has 240 valence electrons. The zero-order chi connectivity index (χ0) is 33.0. The van der Waals surface area contributed by atoms with Crippen LogP contribution in [0.3, 0.4) is 0 Å². The summed E-state index contributed by atoms with van der Waals surface area (Å²) in [7, 11) is -2.23. The van der Waals surface area contributed by atoms with Gasteiger partial charge in [0.05, 0.1) is 7.32 Å². The number of nitrogens with zero attached hydrogens (tertiary/aromatic N) is 2. The average Bonchev–Trinajstić information content (AvgIpc) is 3.09. The minimum Gasteiger partial charge on any atom is -0.871 e. The maximum Gasteiger partial charge on any atom is 0.288 e. The molecule has 7 nitrogen and oxygen atoms in total. The average molecular weight is 657 g/mol. The van der Waals surface area contributed by atoms with Crippen molar-refractivity contribution in [2.45, 2.75) is 42.2 Å². The number of benzene rings is 3. The van der Waals surface area contributed by atoms with E-state index in [2.05, 4.69) is 61.7 Å². The third-order valence-electron chi connectivity index (χ3n) is 6.89. The Hall–Kier alpha value is -3.80. The van der Waals surface area contributed by atoms with Crippen molar-refractivity contribution in [2.24, 2.45) is 0 Å². The topological polar surface area (TPSA) is 81.6 Å². The van der Waals surface area contributed by atoms with Gasteiger partial charge in [-0.25, -0.2) is 0 Å². The van der Waals surface area contributed by atoms with Crippen LogP contribution >= 0.6 is 25.3 Å². The number of pyridine rings is 2. The number of hydrogen-bond donors (Lipinski definition) is 2. The summed E-state index contributed by atoms with van der Waals surface area (Å²) < 4.78 is 7.99. The Kier molecular flexibility index (Phi) is 16.2. The number of hydrogen-bond acceptors (Lipinski definition) is 7. The second-order valence-corrected chi connectivity index (χ2v) is 10.8. The zero-order valence-electron chi connectivity index (χ0n) is 26.2. The normalized spacial score (nSPS) is 10.5. The van der Waals surface area contributed by atoms with E-state index in [0.29, 0.717) is 19.6 Å². The van der Waals surface area contributed by atoms with Gasteiger partial charge in [0.2, 0.25) is 12.4 Å². The van der Waals surface area contributed by atoms with Crippen LogP contribution in [0, 0.1) is 0 Å². The summed E-state index contributed by atoms with van der Waals surface area (Å²) in [5.41, 5.74) is 3.17. The molecular formula is C36H41BN2O5S2. The van der Waals surface area contributed by atoms with Gasteiger partial charge in [-0.1, -0.05) is 116 Å². The molecule has 0 N–H and O–H groups in total. The van der Waals surface area contributed by atoms with Crippen molar-refractivity contribution in [3.05, 3.63) is 156 Å². The van der Waals surface area contributed by atoms with Crippen LogP contribution in [0.1, 0.15) is 43.4 Å². The molecule has 0 aliphatic rings. The van der Waals surface area contributed by atoms with E-state index in [-0.39, 0.29) is 12.0 Å². The highest BCUT2D eigenvalue weighted by atomic mass is 32.1. The highest BCUT2D eigenvalue weighted by Crippen LogP contribution is 2.42. The summed E-state index contributed by atoms with van der Waals surface area (Å²) >= 11 is 8.34. The first kappa shape index (κ1) is 36.7. The molecule has 10 heteroatoms. The summed E-state index contributed by atoms with van der Waals surface area (Å²) in [5.74, 6) is 0. The molecule has 0 bridgehead atoms. The highest BCUT2D eigenvalue weighted by molar-refractivity contribution is 7.80. The van der Waals surface area contributed by atoms with Crippen molar-refractivity contribution in [2.75, 3.05) is 19.8 Å². The van der Waals surface area contributed by atoms with Crippen LogP contribution in [0.5, 0.6) is 0 Å². The Balaban J connectivity index is 0.000000235. The lowest BCUT2D eigenvalue weighted by Gasteiger charge is -2.37. The van der Waals surface area contributed by atoms with Gasteiger partial charge in [0.25, 0.3) is 10.1 Å². The minimum atomic E-state index is -2.23. The van der Waals surface area contributed by atoms with Crippen molar-refractivity contribution < 1.29 is 33.8 Å². The molecule has 0 aliphatic heterocycles. The van der Waals surface area contributed by atoms with Gasteiger partial charge in [-0.3, -0.25) is 9.68 Å². The Morgan fingerprint density at radius 1 is 0.587 bits per heavy atom. The lowest BCUT2D eigenvalue weighted by molar-refractivity contribution is -0.918. The molecule has 5 rings (SSSR count). The van der Waals surface area contributed by atoms with Gasteiger partial charge < -0.3 is 14.7 Å². The SMILES string of the molecule is CCO[n+]1ccccc1S.CCO[n+]1ccccc1S.[O-]B([O-])OCCCC(c1ccccc1)(c1ccccc1)c1ccccc1. The first-order chi connectivity index (χ1) is 22.4. The quantitative estimate of drug-likeness (QED) is 0.0700. The molecule has 0 radical (unpaired) electrons. The summed E-state index contributed by atoms with van der Waals surface area (Å²) in [4.78, 5) is 10.4. The van der Waals surface area contributed by atoms with Crippen LogP contribution < -0.4 is 29.2 Å². The van der Waals surface area contributed by atoms with Crippen molar-refractivity contribution >= 4 is 32.6 Å². The van der Waals surface area contributed by atoms with E-state index in [1.807, 2.05) is 117 Å². The third-order valence-corrected chi connectivity index (χ3v) is 7.59. The van der Waals surface area contributed by atoms with Gasteiger partial charge >= 0.3 is 0 Å². The maximum atomic E-state index is 10.7. The van der Waals surface area contributed by atoms with E-state index in [0.717, 1.165) is 16.5 Å². The van der Waals surface area contributed by atoms with Crippen LogP contribution in [0.2, 0.25) is 0 Å². The predicted molar refractivity (Wildman–Crippen MR) is 182 cm³/mol. The molecule has 0 unspecified atom stereocenters. The monoisotopic (exact) mass is 656 g/mol. The molecule has 0 saturated carbocycles. The number of rotatable bonds is 12. The predicted octanol–water partition coefficient (Wildman–Crippen LogP) is 3.95. The van der Waals surface area contributed by atoms with E-state index < -0.39 is 7.32 Å². The van der Waals surface area contributed by atoms with E-state index in [9.17, 15) is 10.0 Å². The second-order valence-electron chi connectivity index (χ2n) is 9.87. The van der Waals surface area contributed by atoms with Crippen LogP contribution in [0.25, 0.3) is 0 Å². The molecule has 0 saturated heterocycles. The van der Waals surface area contributed by atoms with Crippen molar-refractivity contribution in [1.29, 1.82) is 0 Å². The van der Waals surface area contributed by atoms with Gasteiger partial charge in [-0.05, 0) is 55.5 Å². The maximum absolute atomic E-state index is 10.7. The molecular weight excluding hydrogens is 615 g/mol. The Morgan fingerprint density at radius 2 is 0.957 bits per heavy atom. The fourth-order valence-electron chi connectivity index (χ4n) is 4.95. The number of aromatic nitrogens is 2. The molecule has 0 atom stereocenters. The van der Waals surface area contributed by atoms with Crippen molar-refractivity contribution in [1.82, 2.24) is 0 Å². The lowest BCUT2D eigenvalue weighted by Crippen LogP contribution is -2.48. The number of thiol groups is 2. The van der Waals surface area contributed by atoms with Gasteiger partial charge in [0.1, 0.15) is 0 Å². The van der Waals surface area contributed by atoms with Gasteiger partial charge in [0.15, 0.2) is 13.2 Å². The van der Waals surface area contributed by atoms with E-state index in [1.165, 1.54) is 16.7 Å². The summed E-state index contributed by atoms with van der Waals surface area (Å²) in [6.07, 6.45) is 5.00. The molecule has 0 fully saturated rings. The van der Waals surface area contributed by atoms with Crippen LogP contribution in [-0.4, -0.2) is 27.1 Å². The Labute approximate surface area is 284 Å². The van der Waals surface area contributed by atoms with Crippen molar-refractivity contribution in [3.63, 3.8) is 0 Å². The van der Waals surface area contributed by atoms with E-state index in [1.54, 1.807) is 9.46 Å². The van der Waals surface area contributed by atoms with Gasteiger partial charge in [-0.2, -0.15) is 0 Å². The van der Waals surface area contributed by atoms with E-state index >= 15 is 0 Å². The van der Waals surface area contributed by atoms with Crippen LogP contribution in [0.4, 0.5) is 0 Å². The molecule has 5 aromatic rings. The molecule has 46 heavy (non-hydrogen) atoms. The Bertz CT molecular complexity index is 1390. The van der Waals surface area contributed by atoms with Crippen LogP contribution in [-0.2, 0) is 10.1 Å². The molecule has 2 heterocycles. The smallest absolute Gasteiger partial charge is 0.288 e. The first-order valence-electron chi connectivity index (χ1n) is 15.2. The van der Waals surface area contributed by atoms with Gasteiger partial charge in [-0.15, -0.1) is 0 Å². The summed E-state index contributed by atoms with van der Waals surface area (Å²) in [6.45, 7) is 5.34. The lowest BCUT2D eigenvalue weighted by atomic mass is 9.67. The summed E-state index contributed by atoms with van der Waals surface area (Å²) in [6, 6.07) is 42.4. The third kappa shape index (κ3) is 11.2. The largest absolute Gasteiger partial charge is 0.871 e. The zero-order valence-corrected chi connectivity index (χ0v) is 28.0. The Morgan fingerprint density at radius 3 is 1.28 bits per heavy atom. The standard InChI is InChI=1S/C22H21BO3.2C7H9NOS/c24-23(25)26-18-10-17-22(19-11-4-1-5-12-19,20-13-6-2-7-14-20)21-15-8-3-9-16-21;2*1-2-9-8-6-4-3-5-7(8)10/h1-9,11-16H,10,17-18H2;2*3-6H,2H2,1H3/q-2;;/p+2. The van der Waals surface area contributed by atoms with Gasteiger partial charge in [0, 0.05) is 45.7 Å². The first-order valence-corrected chi connectivity index (χ1v) is 16.1.